The van der Waals surface area contributed by atoms with Crippen LogP contribution in [0.25, 0.3) is 10.9 Å². The molecule has 0 amide bonds. The molecule has 0 atom stereocenters. The molecule has 0 fully saturated rings. The summed E-state index contributed by atoms with van der Waals surface area (Å²) >= 11 is 0. The number of benzene rings is 1. The largest absolute Gasteiger partial charge is 0.356 e. The van der Waals surface area contributed by atoms with E-state index < -0.39 is 0 Å². The van der Waals surface area contributed by atoms with Gasteiger partial charge in [-0.25, -0.2) is 4.39 Å². The maximum Gasteiger partial charge on any atom is 0.147 e. The molecule has 0 aliphatic carbocycles. The molecular formula is C14H17FN2. The summed E-state index contributed by atoms with van der Waals surface area (Å²) in [6, 6.07) is 5.86. The summed E-state index contributed by atoms with van der Waals surface area (Å²) in [7, 11) is 0. The van der Waals surface area contributed by atoms with Crippen molar-refractivity contribution in [1.29, 1.82) is 0 Å². The van der Waals surface area contributed by atoms with Crippen molar-refractivity contribution in [3.8, 4) is 0 Å². The number of hydrogen-bond acceptors (Lipinski definition) is 1. The second-order valence-corrected chi connectivity index (χ2v) is 5.06. The van der Waals surface area contributed by atoms with Crippen LogP contribution in [0.15, 0.2) is 18.2 Å². The topological polar surface area (TPSA) is 19.0 Å². The minimum absolute atomic E-state index is 0.145. The summed E-state index contributed by atoms with van der Waals surface area (Å²) in [5.41, 5.74) is 3.16. The van der Waals surface area contributed by atoms with Crippen molar-refractivity contribution in [2.75, 3.05) is 6.54 Å². The van der Waals surface area contributed by atoms with Crippen molar-refractivity contribution in [1.82, 2.24) is 9.88 Å². The van der Waals surface area contributed by atoms with Crippen LogP contribution in [0.2, 0.25) is 0 Å². The number of fused-ring (bicyclic) bond motifs is 3. The van der Waals surface area contributed by atoms with Gasteiger partial charge < -0.3 is 4.98 Å². The van der Waals surface area contributed by atoms with E-state index in [2.05, 4.69) is 23.7 Å². The summed E-state index contributed by atoms with van der Waals surface area (Å²) in [5.74, 6) is -0.145. The van der Waals surface area contributed by atoms with Gasteiger partial charge in [-0.15, -0.1) is 0 Å². The highest BCUT2D eigenvalue weighted by Crippen LogP contribution is 2.29. The van der Waals surface area contributed by atoms with Crippen molar-refractivity contribution < 1.29 is 4.39 Å². The zero-order chi connectivity index (χ0) is 12.0. The lowest BCUT2D eigenvalue weighted by atomic mass is 10.0. The number of nitrogens with one attached hydrogen (secondary N) is 1. The van der Waals surface area contributed by atoms with Gasteiger partial charge in [-0.3, -0.25) is 4.90 Å². The lowest BCUT2D eigenvalue weighted by Gasteiger charge is -2.30. The van der Waals surface area contributed by atoms with Crippen LogP contribution in [0, 0.1) is 5.82 Å². The molecule has 1 aromatic heterocycles. The number of H-pyrrole nitrogens is 1. The Balaban J connectivity index is 2.12. The lowest BCUT2D eigenvalue weighted by Crippen LogP contribution is -2.35. The van der Waals surface area contributed by atoms with Crippen LogP contribution in [0.1, 0.15) is 25.1 Å². The molecule has 2 heterocycles. The summed E-state index contributed by atoms with van der Waals surface area (Å²) in [6.45, 7) is 6.40. The minimum atomic E-state index is -0.145. The van der Waals surface area contributed by atoms with E-state index in [9.17, 15) is 4.39 Å². The summed E-state index contributed by atoms with van der Waals surface area (Å²) in [5, 5.41) is 1.05. The molecule has 17 heavy (non-hydrogen) atoms. The summed E-state index contributed by atoms with van der Waals surface area (Å²) in [4.78, 5) is 5.67. The van der Waals surface area contributed by atoms with Crippen LogP contribution < -0.4 is 0 Å². The average Bonchev–Trinajstić information content (AvgIpc) is 2.68. The highest BCUT2D eigenvalue weighted by atomic mass is 19.1. The van der Waals surface area contributed by atoms with Crippen LogP contribution in [0.5, 0.6) is 0 Å². The normalized spacial score (nSPS) is 16.7. The van der Waals surface area contributed by atoms with Gasteiger partial charge in [-0.05, 0) is 25.5 Å². The molecule has 3 heteroatoms. The maximum atomic E-state index is 13.7. The summed E-state index contributed by atoms with van der Waals surface area (Å²) < 4.78 is 13.7. The van der Waals surface area contributed by atoms with Gasteiger partial charge in [0.05, 0.1) is 5.52 Å². The third-order valence-corrected chi connectivity index (χ3v) is 3.72. The average molecular weight is 232 g/mol. The Morgan fingerprint density at radius 2 is 2.18 bits per heavy atom. The maximum absolute atomic E-state index is 13.7. The van der Waals surface area contributed by atoms with Crippen LogP contribution in [-0.2, 0) is 13.0 Å². The Morgan fingerprint density at radius 1 is 1.35 bits per heavy atom. The molecule has 1 aliphatic heterocycles. The van der Waals surface area contributed by atoms with Crippen LogP contribution in [0.4, 0.5) is 4.39 Å². The van der Waals surface area contributed by atoms with Crippen molar-refractivity contribution >= 4 is 10.9 Å². The molecule has 0 bridgehead atoms. The molecule has 0 saturated carbocycles. The monoisotopic (exact) mass is 232 g/mol. The Bertz CT molecular complexity index is 557. The molecule has 0 unspecified atom stereocenters. The molecule has 2 nitrogen and oxygen atoms in total. The van der Waals surface area contributed by atoms with Gasteiger partial charge in [0.25, 0.3) is 0 Å². The highest BCUT2D eigenvalue weighted by Gasteiger charge is 2.22. The number of aromatic nitrogens is 1. The molecule has 0 spiro atoms. The second-order valence-electron chi connectivity index (χ2n) is 5.06. The van der Waals surface area contributed by atoms with Gasteiger partial charge in [0.15, 0.2) is 0 Å². The molecule has 0 radical (unpaired) electrons. The molecular weight excluding hydrogens is 215 g/mol. The fourth-order valence-corrected chi connectivity index (χ4v) is 2.66. The van der Waals surface area contributed by atoms with Crippen molar-refractivity contribution in [3.05, 3.63) is 35.3 Å². The highest BCUT2D eigenvalue weighted by molar-refractivity contribution is 5.85. The molecule has 90 valence electrons. The Labute approximate surface area is 100 Å². The molecule has 1 aromatic carbocycles. The summed E-state index contributed by atoms with van der Waals surface area (Å²) in [6.07, 6.45) is 0.988. The van der Waals surface area contributed by atoms with Crippen LogP contribution in [0.3, 0.4) is 0 Å². The first-order valence-corrected chi connectivity index (χ1v) is 6.19. The van der Waals surface area contributed by atoms with Gasteiger partial charge >= 0.3 is 0 Å². The van der Waals surface area contributed by atoms with E-state index in [1.165, 1.54) is 17.3 Å². The van der Waals surface area contributed by atoms with Crippen LogP contribution >= 0.6 is 0 Å². The van der Waals surface area contributed by atoms with Gasteiger partial charge in [-0.1, -0.05) is 12.1 Å². The Morgan fingerprint density at radius 3 is 2.94 bits per heavy atom. The minimum Gasteiger partial charge on any atom is -0.356 e. The zero-order valence-corrected chi connectivity index (χ0v) is 10.3. The number of halogens is 1. The Hall–Kier alpha value is -1.35. The fourth-order valence-electron chi connectivity index (χ4n) is 2.66. The van der Waals surface area contributed by atoms with Gasteiger partial charge in [0.1, 0.15) is 5.82 Å². The van der Waals surface area contributed by atoms with Gasteiger partial charge in [0, 0.05) is 36.6 Å². The van der Waals surface area contributed by atoms with E-state index in [1.54, 1.807) is 6.07 Å². The molecule has 1 N–H and O–H groups in total. The van der Waals surface area contributed by atoms with E-state index in [4.69, 9.17) is 0 Å². The number of nitrogens with zero attached hydrogens (tertiary/aromatic N) is 1. The van der Waals surface area contributed by atoms with E-state index in [0.29, 0.717) is 11.6 Å². The molecule has 2 aromatic rings. The van der Waals surface area contributed by atoms with Crippen molar-refractivity contribution in [3.63, 3.8) is 0 Å². The third-order valence-electron chi connectivity index (χ3n) is 3.72. The van der Waals surface area contributed by atoms with Crippen molar-refractivity contribution in [2.45, 2.75) is 32.9 Å². The van der Waals surface area contributed by atoms with E-state index in [1.807, 2.05) is 6.07 Å². The van der Waals surface area contributed by atoms with Crippen molar-refractivity contribution in [2.24, 2.45) is 0 Å². The number of para-hydroxylation sites is 1. The number of hydrogen-bond donors (Lipinski definition) is 1. The first kappa shape index (κ1) is 10.8. The van der Waals surface area contributed by atoms with Gasteiger partial charge in [-0.2, -0.15) is 0 Å². The number of aromatic amines is 1. The molecule has 1 aliphatic rings. The molecule has 0 saturated heterocycles. The second kappa shape index (κ2) is 3.84. The quantitative estimate of drug-likeness (QED) is 0.800. The third kappa shape index (κ3) is 1.65. The molecule has 3 rings (SSSR count). The zero-order valence-electron chi connectivity index (χ0n) is 10.3. The predicted octanol–water partition coefficient (Wildman–Crippen LogP) is 3.07. The Kier molecular flexibility index (Phi) is 2.44. The number of rotatable bonds is 1. The first-order chi connectivity index (χ1) is 8.16. The van der Waals surface area contributed by atoms with E-state index in [-0.39, 0.29) is 5.82 Å². The SMILES string of the molecule is CC(C)N1CCc2[nH]c3c(F)cccc3c2C1. The van der Waals surface area contributed by atoms with Crippen LogP contribution in [-0.4, -0.2) is 22.5 Å². The first-order valence-electron chi connectivity index (χ1n) is 6.19. The van der Waals surface area contributed by atoms with E-state index >= 15 is 0 Å². The predicted molar refractivity (Wildman–Crippen MR) is 67.5 cm³/mol. The van der Waals surface area contributed by atoms with E-state index in [0.717, 1.165) is 24.9 Å². The lowest BCUT2D eigenvalue weighted by molar-refractivity contribution is 0.203. The fraction of sp³-hybridized carbons (Fsp3) is 0.429. The smallest absolute Gasteiger partial charge is 0.147 e. The standard InChI is InChI=1S/C14H17FN2/c1-9(2)17-7-6-13-11(8-17)10-4-3-5-12(15)14(10)16-13/h3-5,9,16H,6-8H2,1-2H3. The van der Waals surface area contributed by atoms with Gasteiger partial charge in [0.2, 0.25) is 0 Å².